The highest BCUT2D eigenvalue weighted by molar-refractivity contribution is 8.02. The molecule has 0 spiro atoms. The number of benzene rings is 1. The van der Waals surface area contributed by atoms with Gasteiger partial charge in [0.25, 0.3) is 5.91 Å². The fraction of sp³-hybridized carbons (Fsp3) is 0.500. The van der Waals surface area contributed by atoms with E-state index in [-0.39, 0.29) is 24.9 Å². The van der Waals surface area contributed by atoms with Crippen LogP contribution in [0.2, 0.25) is 0 Å². The number of hydrogen-bond acceptors (Lipinski definition) is 5. The number of carbonyl (C=O) groups is 3. The predicted molar refractivity (Wildman–Crippen MR) is 99.0 cm³/mol. The molecule has 0 aromatic heterocycles. The molecule has 2 heterocycles. The second kappa shape index (κ2) is 6.83. The van der Waals surface area contributed by atoms with Crippen LogP contribution in [0.1, 0.15) is 33.6 Å². The van der Waals surface area contributed by atoms with E-state index in [0.717, 1.165) is 10.6 Å². The lowest BCUT2D eigenvalue weighted by atomic mass is 10.2. The van der Waals surface area contributed by atoms with Crippen LogP contribution in [0.25, 0.3) is 0 Å². The lowest BCUT2D eigenvalue weighted by Gasteiger charge is -2.29. The molecule has 1 aromatic rings. The largest absolute Gasteiger partial charge is 0.444 e. The van der Waals surface area contributed by atoms with Gasteiger partial charge in [-0.1, -0.05) is 23.9 Å². The average molecular weight is 377 g/mol. The van der Waals surface area contributed by atoms with Crippen molar-refractivity contribution in [1.82, 2.24) is 10.6 Å². The van der Waals surface area contributed by atoms with Crippen molar-refractivity contribution in [2.24, 2.45) is 0 Å². The highest BCUT2D eigenvalue weighted by atomic mass is 32.2. The Morgan fingerprint density at radius 3 is 2.65 bits per heavy atom. The van der Waals surface area contributed by atoms with Crippen molar-refractivity contribution in [2.45, 2.75) is 49.0 Å². The van der Waals surface area contributed by atoms with E-state index in [0.29, 0.717) is 12.8 Å². The molecule has 2 aliphatic rings. The molecular weight excluding hydrogens is 354 g/mol. The highest BCUT2D eigenvalue weighted by Crippen LogP contribution is 2.55. The fourth-order valence-corrected chi connectivity index (χ4v) is 4.53. The Morgan fingerprint density at radius 2 is 1.92 bits per heavy atom. The maximum atomic E-state index is 12.9. The van der Waals surface area contributed by atoms with Crippen LogP contribution in [0, 0.1) is 0 Å². The molecule has 1 unspecified atom stereocenters. The van der Waals surface area contributed by atoms with Gasteiger partial charge in [0.15, 0.2) is 4.87 Å². The summed E-state index contributed by atoms with van der Waals surface area (Å²) in [5.41, 5.74) is 0.227. The van der Waals surface area contributed by atoms with E-state index in [1.54, 1.807) is 25.7 Å². The van der Waals surface area contributed by atoms with Crippen molar-refractivity contribution in [3.63, 3.8) is 0 Å². The molecule has 1 aromatic carbocycles. The van der Waals surface area contributed by atoms with E-state index in [1.165, 1.54) is 11.8 Å². The molecule has 1 saturated heterocycles. The van der Waals surface area contributed by atoms with Gasteiger partial charge in [0, 0.05) is 24.4 Å². The number of anilines is 1. The SMILES string of the molecule is CC(C)(C)OC(=O)NCCNC(=O)C12CCC(=O)N1c1ccccc1S2. The molecule has 1 atom stereocenters. The van der Waals surface area contributed by atoms with E-state index >= 15 is 0 Å². The Hall–Kier alpha value is -2.22. The van der Waals surface area contributed by atoms with Crippen molar-refractivity contribution >= 4 is 35.4 Å². The molecule has 8 heteroatoms. The minimum Gasteiger partial charge on any atom is -0.444 e. The first-order valence-electron chi connectivity index (χ1n) is 8.59. The Labute approximate surface area is 156 Å². The lowest BCUT2D eigenvalue weighted by Crippen LogP contribution is -2.53. The molecule has 26 heavy (non-hydrogen) atoms. The summed E-state index contributed by atoms with van der Waals surface area (Å²) < 4.78 is 5.15. The van der Waals surface area contributed by atoms with Crippen LogP contribution < -0.4 is 15.5 Å². The topological polar surface area (TPSA) is 87.7 Å². The molecule has 3 rings (SSSR count). The van der Waals surface area contributed by atoms with Crippen LogP contribution in [0.3, 0.4) is 0 Å². The normalized spacial score (nSPS) is 21.2. The van der Waals surface area contributed by atoms with E-state index in [2.05, 4.69) is 10.6 Å². The summed E-state index contributed by atoms with van der Waals surface area (Å²) in [6, 6.07) is 7.55. The molecular formula is C18H23N3O4S. The number of ether oxygens (including phenoxy) is 1. The zero-order chi connectivity index (χ0) is 18.9. The molecule has 0 saturated carbocycles. The van der Waals surface area contributed by atoms with Crippen LogP contribution in [-0.2, 0) is 14.3 Å². The molecule has 140 valence electrons. The van der Waals surface area contributed by atoms with Gasteiger partial charge in [0.1, 0.15) is 5.60 Å². The Bertz CT molecular complexity index is 746. The van der Waals surface area contributed by atoms with Crippen molar-refractivity contribution < 1.29 is 19.1 Å². The van der Waals surface area contributed by atoms with E-state index in [9.17, 15) is 14.4 Å². The van der Waals surface area contributed by atoms with Crippen LogP contribution in [0.15, 0.2) is 29.2 Å². The van der Waals surface area contributed by atoms with Crippen LogP contribution in [0.4, 0.5) is 10.5 Å². The first-order valence-corrected chi connectivity index (χ1v) is 9.41. The molecule has 1 fully saturated rings. The van der Waals surface area contributed by atoms with Gasteiger partial charge in [-0.2, -0.15) is 0 Å². The van der Waals surface area contributed by atoms with E-state index in [1.807, 2.05) is 24.3 Å². The minimum atomic E-state index is -0.924. The van der Waals surface area contributed by atoms with Gasteiger partial charge in [0.2, 0.25) is 5.91 Å². The third-order valence-corrected chi connectivity index (χ3v) is 5.58. The number of para-hydroxylation sites is 1. The van der Waals surface area contributed by atoms with Gasteiger partial charge in [-0.3, -0.25) is 14.5 Å². The van der Waals surface area contributed by atoms with Crippen LogP contribution in [-0.4, -0.2) is 41.5 Å². The minimum absolute atomic E-state index is 0.0375. The Balaban J connectivity index is 1.58. The maximum Gasteiger partial charge on any atom is 0.407 e. The number of hydrogen-bond donors (Lipinski definition) is 2. The summed E-state index contributed by atoms with van der Waals surface area (Å²) in [6.45, 7) is 5.87. The number of alkyl carbamates (subject to hydrolysis) is 1. The van der Waals surface area contributed by atoms with Gasteiger partial charge in [-0.05, 0) is 39.3 Å². The molecule has 0 radical (unpaired) electrons. The van der Waals surface area contributed by atoms with E-state index < -0.39 is 16.6 Å². The fourth-order valence-electron chi connectivity index (χ4n) is 3.09. The smallest absolute Gasteiger partial charge is 0.407 e. The number of fused-ring (bicyclic) bond motifs is 3. The Morgan fingerprint density at radius 1 is 1.23 bits per heavy atom. The van der Waals surface area contributed by atoms with Gasteiger partial charge in [0.05, 0.1) is 5.69 Å². The molecule has 2 N–H and O–H groups in total. The average Bonchev–Trinajstić information content (AvgIpc) is 3.06. The highest BCUT2D eigenvalue weighted by Gasteiger charge is 2.57. The summed E-state index contributed by atoms with van der Waals surface area (Å²) >= 11 is 1.42. The standard InChI is InChI=1S/C18H23N3O4S/c1-17(2,3)25-16(24)20-11-10-19-15(23)18-9-8-14(22)21(18)12-6-4-5-7-13(12)26-18/h4-7H,8-11H2,1-3H3,(H,19,23)(H,20,24). The van der Waals surface area contributed by atoms with E-state index in [4.69, 9.17) is 4.74 Å². The van der Waals surface area contributed by atoms with Crippen LogP contribution in [0.5, 0.6) is 0 Å². The molecule has 2 aliphatic heterocycles. The number of carbonyl (C=O) groups excluding carboxylic acids is 3. The number of thioether (sulfide) groups is 1. The summed E-state index contributed by atoms with van der Waals surface area (Å²) in [4.78, 5) is 38.5. The quantitative estimate of drug-likeness (QED) is 0.786. The molecule has 7 nitrogen and oxygen atoms in total. The number of amides is 3. The van der Waals surface area contributed by atoms with Gasteiger partial charge >= 0.3 is 6.09 Å². The summed E-state index contributed by atoms with van der Waals surface area (Å²) in [7, 11) is 0. The second-order valence-electron chi connectivity index (χ2n) is 7.27. The van der Waals surface area contributed by atoms with Gasteiger partial charge in [-0.25, -0.2) is 4.79 Å². The third kappa shape index (κ3) is 3.51. The molecule has 3 amide bonds. The van der Waals surface area contributed by atoms with Crippen molar-refractivity contribution in [3.8, 4) is 0 Å². The first-order chi connectivity index (χ1) is 12.2. The summed E-state index contributed by atoms with van der Waals surface area (Å²) in [6.07, 6.45) is 0.298. The summed E-state index contributed by atoms with van der Waals surface area (Å²) in [5, 5.41) is 5.44. The Kier molecular flexibility index (Phi) is 4.88. The zero-order valence-electron chi connectivity index (χ0n) is 15.1. The number of nitrogens with one attached hydrogen (secondary N) is 2. The maximum absolute atomic E-state index is 12.9. The van der Waals surface area contributed by atoms with Gasteiger partial charge < -0.3 is 15.4 Å². The number of nitrogens with zero attached hydrogens (tertiary/aromatic N) is 1. The van der Waals surface area contributed by atoms with Crippen molar-refractivity contribution in [3.05, 3.63) is 24.3 Å². The van der Waals surface area contributed by atoms with Gasteiger partial charge in [-0.15, -0.1) is 0 Å². The monoisotopic (exact) mass is 377 g/mol. The van der Waals surface area contributed by atoms with Crippen molar-refractivity contribution in [1.29, 1.82) is 0 Å². The second-order valence-corrected chi connectivity index (χ2v) is 8.59. The summed E-state index contributed by atoms with van der Waals surface area (Å²) in [5.74, 6) is -0.250. The lowest BCUT2D eigenvalue weighted by molar-refractivity contribution is -0.124. The first kappa shape index (κ1) is 18.6. The molecule has 0 aliphatic carbocycles. The number of rotatable bonds is 4. The third-order valence-electron chi connectivity index (χ3n) is 4.11. The van der Waals surface area contributed by atoms with Crippen LogP contribution >= 0.6 is 11.8 Å². The molecule has 0 bridgehead atoms. The predicted octanol–water partition coefficient (Wildman–Crippen LogP) is 2.26. The van der Waals surface area contributed by atoms with Crippen molar-refractivity contribution in [2.75, 3.05) is 18.0 Å². The zero-order valence-corrected chi connectivity index (χ0v) is 15.9.